The van der Waals surface area contributed by atoms with E-state index < -0.39 is 40.7 Å². The van der Waals surface area contributed by atoms with Crippen molar-refractivity contribution in [2.75, 3.05) is 16.3 Å². The van der Waals surface area contributed by atoms with Gasteiger partial charge in [0.15, 0.2) is 5.37 Å². The summed E-state index contributed by atoms with van der Waals surface area (Å²) < 4.78 is 26.2. The van der Waals surface area contributed by atoms with Gasteiger partial charge in [0.25, 0.3) is 11.1 Å². The average Bonchev–Trinajstić information content (AvgIpc) is 2.89. The van der Waals surface area contributed by atoms with E-state index in [9.17, 15) is 23.2 Å². The van der Waals surface area contributed by atoms with Crippen molar-refractivity contribution >= 4 is 40.3 Å². The molecular weight excluding hydrogens is 366 g/mol. The molecule has 1 aliphatic heterocycles. The number of hydrogen-bond donors (Lipinski definition) is 1. The molecule has 0 aromatic heterocycles. The van der Waals surface area contributed by atoms with Crippen LogP contribution in [0.25, 0.3) is 0 Å². The van der Waals surface area contributed by atoms with Crippen LogP contribution < -0.4 is 9.80 Å². The highest BCUT2D eigenvalue weighted by molar-refractivity contribution is 8.16. The summed E-state index contributed by atoms with van der Waals surface area (Å²) in [5.74, 6) is -2.90. The molecule has 134 valence electrons. The van der Waals surface area contributed by atoms with Gasteiger partial charge in [0.2, 0.25) is 0 Å². The maximum absolute atomic E-state index is 13.1. The summed E-state index contributed by atoms with van der Waals surface area (Å²) in [6, 6.07) is 9.72. The van der Waals surface area contributed by atoms with Crippen LogP contribution >= 0.6 is 11.8 Å². The summed E-state index contributed by atoms with van der Waals surface area (Å²) in [4.78, 5) is 38.3. The number of amides is 2. The van der Waals surface area contributed by atoms with Crippen LogP contribution in [0, 0.1) is 11.6 Å². The second-order valence-corrected chi connectivity index (χ2v) is 6.42. The molecule has 1 N–H and O–H groups in total. The normalized spacial score (nSPS) is 16.8. The fraction of sp³-hybridized carbons (Fsp3) is 0.118. The third-order valence-electron chi connectivity index (χ3n) is 3.66. The van der Waals surface area contributed by atoms with Gasteiger partial charge >= 0.3 is 5.97 Å². The number of carbonyl (C=O) groups excluding carboxylic acids is 2. The number of hydrogen-bond acceptors (Lipinski definition) is 5. The number of carboxylic acids is 1. The van der Waals surface area contributed by atoms with E-state index in [1.807, 2.05) is 0 Å². The molecule has 6 nitrogen and oxygen atoms in total. The first kappa shape index (κ1) is 17.9. The number of thioether (sulfide) groups is 1. The molecule has 0 aliphatic carbocycles. The van der Waals surface area contributed by atoms with E-state index in [0.717, 1.165) is 29.2 Å². The molecule has 9 heteroatoms. The Morgan fingerprint density at radius 2 is 1.58 bits per heavy atom. The molecule has 2 amide bonds. The molecule has 2 aromatic carbocycles. The SMILES string of the molecule is O=C(O)CN(c1ccc(F)cc1)C1SC(=O)N(c2ccc(F)cc2)C1=O. The average molecular weight is 378 g/mol. The van der Waals surface area contributed by atoms with Crippen molar-refractivity contribution in [2.24, 2.45) is 0 Å². The Kier molecular flexibility index (Phi) is 4.90. The first-order valence-electron chi connectivity index (χ1n) is 7.41. The van der Waals surface area contributed by atoms with Gasteiger partial charge in [0.05, 0.1) is 5.69 Å². The van der Waals surface area contributed by atoms with E-state index in [1.165, 1.54) is 29.2 Å². The van der Waals surface area contributed by atoms with Crippen molar-refractivity contribution in [1.82, 2.24) is 0 Å². The van der Waals surface area contributed by atoms with Crippen molar-refractivity contribution in [3.63, 3.8) is 0 Å². The number of nitrogens with zero attached hydrogens (tertiary/aromatic N) is 2. The van der Waals surface area contributed by atoms with Crippen LogP contribution in [0.5, 0.6) is 0 Å². The Morgan fingerprint density at radius 3 is 2.12 bits per heavy atom. The summed E-state index contributed by atoms with van der Waals surface area (Å²) in [6.07, 6.45) is 0. The van der Waals surface area contributed by atoms with Crippen molar-refractivity contribution in [3.8, 4) is 0 Å². The molecule has 1 aliphatic rings. The summed E-state index contributed by atoms with van der Waals surface area (Å²) >= 11 is 0.642. The van der Waals surface area contributed by atoms with E-state index in [1.54, 1.807) is 0 Å². The van der Waals surface area contributed by atoms with Gasteiger partial charge in [-0.3, -0.25) is 14.4 Å². The lowest BCUT2D eigenvalue weighted by molar-refractivity contribution is -0.135. The lowest BCUT2D eigenvalue weighted by Crippen LogP contribution is -2.44. The van der Waals surface area contributed by atoms with Gasteiger partial charge in [-0.25, -0.2) is 13.7 Å². The first-order valence-corrected chi connectivity index (χ1v) is 8.29. The third-order valence-corrected chi connectivity index (χ3v) is 4.72. The number of benzene rings is 2. The zero-order chi connectivity index (χ0) is 18.8. The number of anilines is 2. The number of imide groups is 1. The van der Waals surface area contributed by atoms with Crippen molar-refractivity contribution in [1.29, 1.82) is 0 Å². The molecule has 0 bridgehead atoms. The Hall–Kier alpha value is -2.94. The predicted molar refractivity (Wildman–Crippen MR) is 92.0 cm³/mol. The minimum absolute atomic E-state index is 0.186. The van der Waals surface area contributed by atoms with Crippen LogP contribution in [0.1, 0.15) is 0 Å². The molecule has 1 atom stereocenters. The maximum Gasteiger partial charge on any atom is 0.323 e. The number of halogens is 2. The topological polar surface area (TPSA) is 77.9 Å². The summed E-state index contributed by atoms with van der Waals surface area (Å²) in [7, 11) is 0. The van der Waals surface area contributed by atoms with E-state index in [0.29, 0.717) is 11.8 Å². The summed E-state index contributed by atoms with van der Waals surface area (Å²) in [5, 5.41) is 7.41. The second-order valence-electron chi connectivity index (χ2n) is 5.38. The first-order chi connectivity index (χ1) is 12.4. The van der Waals surface area contributed by atoms with Gasteiger partial charge in [-0.05, 0) is 60.3 Å². The minimum Gasteiger partial charge on any atom is -0.480 e. The molecule has 0 spiro atoms. The monoisotopic (exact) mass is 378 g/mol. The van der Waals surface area contributed by atoms with E-state index in [4.69, 9.17) is 5.11 Å². The quantitative estimate of drug-likeness (QED) is 0.862. The lowest BCUT2D eigenvalue weighted by atomic mass is 10.2. The molecule has 0 radical (unpaired) electrons. The number of aliphatic carboxylic acids is 1. The van der Waals surface area contributed by atoms with Crippen LogP contribution in [0.3, 0.4) is 0 Å². The molecule has 0 saturated carbocycles. The van der Waals surface area contributed by atoms with E-state index in [2.05, 4.69) is 0 Å². The summed E-state index contributed by atoms with van der Waals surface area (Å²) in [5.41, 5.74) is 0.471. The molecule has 1 saturated heterocycles. The van der Waals surface area contributed by atoms with Crippen LogP contribution in [0.15, 0.2) is 48.5 Å². The van der Waals surface area contributed by atoms with E-state index in [-0.39, 0.29) is 11.4 Å². The largest absolute Gasteiger partial charge is 0.480 e. The maximum atomic E-state index is 13.1. The standard InChI is InChI=1S/C17H12F2N2O4S/c18-10-1-5-12(6-2-10)20(9-14(22)23)16-15(24)21(17(25)26-16)13-7-3-11(19)4-8-13/h1-8,16H,9H2,(H,22,23). The van der Waals surface area contributed by atoms with E-state index >= 15 is 0 Å². The predicted octanol–water partition coefficient (Wildman–Crippen LogP) is 3.08. The molecule has 2 aromatic rings. The Labute approximate surface area is 151 Å². The molecule has 1 heterocycles. The van der Waals surface area contributed by atoms with Gasteiger partial charge in [0.1, 0.15) is 18.2 Å². The smallest absolute Gasteiger partial charge is 0.323 e. The van der Waals surface area contributed by atoms with Crippen LogP contribution in [-0.2, 0) is 9.59 Å². The highest BCUT2D eigenvalue weighted by atomic mass is 32.2. The van der Waals surface area contributed by atoms with Crippen molar-refractivity contribution in [2.45, 2.75) is 5.37 Å². The Bertz CT molecular complexity index is 858. The summed E-state index contributed by atoms with van der Waals surface area (Å²) in [6.45, 7) is -0.556. The highest BCUT2D eigenvalue weighted by Crippen LogP contribution is 2.35. The van der Waals surface area contributed by atoms with Gasteiger partial charge < -0.3 is 10.0 Å². The molecule has 1 fully saturated rings. The zero-order valence-electron chi connectivity index (χ0n) is 13.1. The fourth-order valence-electron chi connectivity index (χ4n) is 2.51. The van der Waals surface area contributed by atoms with Crippen molar-refractivity contribution < 1.29 is 28.3 Å². The molecular formula is C17H12F2N2O4S. The second kappa shape index (κ2) is 7.12. The molecule has 1 unspecified atom stereocenters. The lowest BCUT2D eigenvalue weighted by Gasteiger charge is -2.27. The highest BCUT2D eigenvalue weighted by Gasteiger charge is 2.44. The van der Waals surface area contributed by atoms with Gasteiger partial charge in [0, 0.05) is 5.69 Å². The van der Waals surface area contributed by atoms with Crippen LogP contribution in [-0.4, -0.2) is 34.1 Å². The Morgan fingerprint density at radius 1 is 1.04 bits per heavy atom. The van der Waals surface area contributed by atoms with Gasteiger partial charge in [-0.15, -0.1) is 0 Å². The number of carbonyl (C=O) groups is 3. The fourth-order valence-corrected chi connectivity index (χ4v) is 3.53. The third kappa shape index (κ3) is 3.52. The van der Waals surface area contributed by atoms with Gasteiger partial charge in [-0.2, -0.15) is 0 Å². The Balaban J connectivity index is 1.93. The van der Waals surface area contributed by atoms with Gasteiger partial charge in [-0.1, -0.05) is 0 Å². The molecule has 3 rings (SSSR count). The minimum atomic E-state index is -1.21. The zero-order valence-corrected chi connectivity index (χ0v) is 14.0. The van der Waals surface area contributed by atoms with Crippen LogP contribution in [0.2, 0.25) is 0 Å². The molecule has 26 heavy (non-hydrogen) atoms. The van der Waals surface area contributed by atoms with Crippen LogP contribution in [0.4, 0.5) is 25.0 Å². The number of carboxylic acid groups (broad SMARTS) is 1. The number of rotatable bonds is 5. The van der Waals surface area contributed by atoms with Crippen molar-refractivity contribution in [3.05, 3.63) is 60.2 Å².